The number of fused-ring (bicyclic) bond motifs is 1. The molecule has 2 aromatic rings. The van der Waals surface area contributed by atoms with Crippen LogP contribution in [0.4, 0.5) is 15.3 Å². The molecular weight excluding hydrogens is 670 g/mol. The van der Waals surface area contributed by atoms with Gasteiger partial charge in [-0.15, -0.1) is 0 Å². The predicted molar refractivity (Wildman–Crippen MR) is 184 cm³/mol. The van der Waals surface area contributed by atoms with Gasteiger partial charge in [0, 0.05) is 19.6 Å². The fourth-order valence-corrected chi connectivity index (χ4v) is 7.53. The molecule has 2 aromatic carbocycles. The molecule has 2 aliphatic rings. The Kier molecular flexibility index (Phi) is 13.7. The number of carbonyl (C=O) groups is 3. The van der Waals surface area contributed by atoms with Crippen molar-refractivity contribution < 1.29 is 46.9 Å². The highest BCUT2D eigenvalue weighted by molar-refractivity contribution is 7.92. The summed E-state index contributed by atoms with van der Waals surface area (Å²) in [6.07, 6.45) is 0.410. The van der Waals surface area contributed by atoms with Crippen molar-refractivity contribution in [3.63, 3.8) is 0 Å². The van der Waals surface area contributed by atoms with E-state index >= 15 is 0 Å². The Bertz CT molecular complexity index is 1560. The molecular formula is C34H49N5O10S. The first-order chi connectivity index (χ1) is 23.8. The van der Waals surface area contributed by atoms with Crippen molar-refractivity contribution >= 4 is 33.7 Å². The summed E-state index contributed by atoms with van der Waals surface area (Å²) >= 11 is 0. The first-order valence-corrected chi connectivity index (χ1v) is 18.1. The number of carbonyl (C=O) groups excluding carboxylic acids is 3. The number of ether oxygens (including phenoxy) is 4. The molecule has 2 saturated heterocycles. The Hall–Kier alpha value is -4.12. The van der Waals surface area contributed by atoms with Gasteiger partial charge in [0.25, 0.3) is 10.0 Å². The standard InChI is InChI=1S/C34H49N5O10S/c1-34(2,15-5-16-36-32(42)37-20-30(35)41)22-39(50(44,45)27-12-10-26(46-3)11-13-27)24-7-4-6-23(18-24)8-9-25(40)19-38-33(43)49-29-21-48-31-28(29)14-17-47-31/h4,6-7,10-13,18,25,28-29,31,40H,5,8-9,14-17,19-22H2,1-3H3,(H2,35,41)(H,38,43)(H2,36,37,42)/t25-,28+,29+,31-/m0/s1. The lowest BCUT2D eigenvalue weighted by Gasteiger charge is -2.34. The number of nitrogens with two attached hydrogens (primary N) is 1. The molecule has 2 aliphatic heterocycles. The van der Waals surface area contributed by atoms with Gasteiger partial charge in [0.15, 0.2) is 6.29 Å². The van der Waals surface area contributed by atoms with Crippen molar-refractivity contribution in [2.75, 3.05) is 50.8 Å². The number of nitrogens with zero attached hydrogens (tertiary/aromatic N) is 1. The maximum atomic E-state index is 14.1. The number of aliphatic hydroxyl groups excluding tert-OH is 1. The maximum Gasteiger partial charge on any atom is 0.407 e. The van der Waals surface area contributed by atoms with Crippen molar-refractivity contribution in [3.8, 4) is 5.75 Å². The smallest absolute Gasteiger partial charge is 0.407 e. The minimum atomic E-state index is -4.03. The van der Waals surface area contributed by atoms with E-state index < -0.39 is 39.6 Å². The molecule has 2 fully saturated rings. The number of nitrogens with one attached hydrogen (secondary N) is 3. The van der Waals surface area contributed by atoms with Gasteiger partial charge in [-0.2, -0.15) is 0 Å². The van der Waals surface area contributed by atoms with Gasteiger partial charge in [0.2, 0.25) is 5.91 Å². The summed E-state index contributed by atoms with van der Waals surface area (Å²) in [7, 11) is -2.52. The van der Waals surface area contributed by atoms with E-state index in [0.29, 0.717) is 50.3 Å². The van der Waals surface area contributed by atoms with E-state index in [2.05, 4.69) is 16.0 Å². The van der Waals surface area contributed by atoms with Crippen molar-refractivity contribution in [1.82, 2.24) is 16.0 Å². The third-order valence-electron chi connectivity index (χ3n) is 8.65. The van der Waals surface area contributed by atoms with Crippen LogP contribution in [0.3, 0.4) is 0 Å². The highest BCUT2D eigenvalue weighted by Crippen LogP contribution is 2.34. The fraction of sp³-hybridized carbons (Fsp3) is 0.559. The van der Waals surface area contributed by atoms with Gasteiger partial charge in [-0.25, -0.2) is 18.0 Å². The zero-order valence-corrected chi connectivity index (χ0v) is 29.6. The second kappa shape index (κ2) is 17.7. The summed E-state index contributed by atoms with van der Waals surface area (Å²) in [5, 5.41) is 18.3. The van der Waals surface area contributed by atoms with Gasteiger partial charge >= 0.3 is 12.1 Å². The van der Waals surface area contributed by atoms with Gasteiger partial charge in [-0.3, -0.25) is 9.10 Å². The molecule has 0 unspecified atom stereocenters. The van der Waals surface area contributed by atoms with Gasteiger partial charge < -0.3 is 45.7 Å². The number of primary amides is 1. The lowest BCUT2D eigenvalue weighted by molar-refractivity contribution is -0.117. The molecule has 2 heterocycles. The number of alkyl carbamates (subject to hydrolysis) is 1. The number of benzene rings is 2. The number of amides is 4. The number of rotatable bonds is 18. The number of sulfonamides is 1. The Labute approximate surface area is 293 Å². The van der Waals surface area contributed by atoms with E-state index in [4.69, 9.17) is 24.7 Å². The number of aliphatic hydroxyl groups is 1. The average molecular weight is 720 g/mol. The first-order valence-electron chi connectivity index (χ1n) is 16.7. The molecule has 0 bridgehead atoms. The summed E-state index contributed by atoms with van der Waals surface area (Å²) in [5.74, 6) is -0.110. The lowest BCUT2D eigenvalue weighted by Crippen LogP contribution is -2.41. The lowest BCUT2D eigenvalue weighted by atomic mass is 9.87. The predicted octanol–water partition coefficient (Wildman–Crippen LogP) is 2.26. The molecule has 0 aliphatic carbocycles. The zero-order chi connectivity index (χ0) is 36.3. The van der Waals surface area contributed by atoms with E-state index in [1.54, 1.807) is 30.3 Å². The van der Waals surface area contributed by atoms with E-state index in [-0.39, 0.29) is 49.4 Å². The van der Waals surface area contributed by atoms with Gasteiger partial charge in [-0.05, 0) is 79.5 Å². The van der Waals surface area contributed by atoms with Gasteiger partial charge in [0.1, 0.15) is 11.9 Å². The van der Waals surface area contributed by atoms with Crippen molar-refractivity contribution in [1.29, 1.82) is 0 Å². The summed E-state index contributed by atoms with van der Waals surface area (Å²) in [6, 6.07) is 12.8. The Morgan fingerprint density at radius 3 is 2.58 bits per heavy atom. The third-order valence-corrected chi connectivity index (χ3v) is 10.4. The van der Waals surface area contributed by atoms with E-state index in [9.17, 15) is 27.9 Å². The molecule has 6 N–H and O–H groups in total. The summed E-state index contributed by atoms with van der Waals surface area (Å²) in [5.41, 5.74) is 5.80. The highest BCUT2D eigenvalue weighted by Gasteiger charge is 2.44. The van der Waals surface area contributed by atoms with Crippen LogP contribution in [0.15, 0.2) is 53.4 Å². The van der Waals surface area contributed by atoms with Crippen molar-refractivity contribution in [2.24, 2.45) is 17.1 Å². The molecule has 0 radical (unpaired) electrons. The molecule has 276 valence electrons. The number of aryl methyl sites for hydroxylation is 1. The molecule has 4 amide bonds. The minimum Gasteiger partial charge on any atom is -0.497 e. The molecule has 4 atom stereocenters. The second-order valence-corrected chi connectivity index (χ2v) is 15.1. The third kappa shape index (κ3) is 11.2. The molecule has 0 saturated carbocycles. The van der Waals surface area contributed by atoms with Crippen LogP contribution in [0.25, 0.3) is 0 Å². The number of anilines is 1. The van der Waals surface area contributed by atoms with Crippen LogP contribution in [-0.2, 0) is 35.4 Å². The summed E-state index contributed by atoms with van der Waals surface area (Å²) < 4.78 is 51.3. The number of hydrogen-bond donors (Lipinski definition) is 5. The van der Waals surface area contributed by atoms with Crippen LogP contribution in [0.5, 0.6) is 5.75 Å². The van der Waals surface area contributed by atoms with E-state index in [1.807, 2.05) is 19.9 Å². The van der Waals surface area contributed by atoms with Crippen LogP contribution >= 0.6 is 0 Å². The normalized spacial score (nSPS) is 19.2. The average Bonchev–Trinajstić information content (AvgIpc) is 3.71. The van der Waals surface area contributed by atoms with Crippen LogP contribution in [0, 0.1) is 11.3 Å². The Morgan fingerprint density at radius 2 is 1.86 bits per heavy atom. The molecule has 16 heteroatoms. The summed E-state index contributed by atoms with van der Waals surface area (Å²) in [4.78, 5) is 35.2. The van der Waals surface area contributed by atoms with E-state index in [0.717, 1.165) is 12.0 Å². The molecule has 4 rings (SSSR count). The molecule has 50 heavy (non-hydrogen) atoms. The van der Waals surface area contributed by atoms with Crippen LogP contribution in [0.2, 0.25) is 0 Å². The van der Waals surface area contributed by atoms with Crippen molar-refractivity contribution in [3.05, 3.63) is 54.1 Å². The molecule has 15 nitrogen and oxygen atoms in total. The minimum absolute atomic E-state index is 0.00940. The first kappa shape index (κ1) is 38.7. The SMILES string of the molecule is COc1ccc(S(=O)(=O)N(CC(C)(C)CCCNC(=O)NCC(N)=O)c2cccc(CC[C@H](O)CNC(=O)O[C@@H]3CO[C@@H]4OCC[C@@H]43)c2)cc1. The van der Waals surface area contributed by atoms with Gasteiger partial charge in [-0.1, -0.05) is 26.0 Å². The van der Waals surface area contributed by atoms with Crippen LogP contribution in [0.1, 0.15) is 45.1 Å². The Morgan fingerprint density at radius 1 is 1.10 bits per heavy atom. The highest BCUT2D eigenvalue weighted by atomic mass is 32.2. The van der Waals surface area contributed by atoms with E-state index in [1.165, 1.54) is 23.5 Å². The largest absolute Gasteiger partial charge is 0.497 e. The maximum absolute atomic E-state index is 14.1. The monoisotopic (exact) mass is 719 g/mol. The van der Waals surface area contributed by atoms with Crippen LogP contribution in [-0.4, -0.2) is 96.6 Å². The topological polar surface area (TPSA) is 208 Å². The quantitative estimate of drug-likeness (QED) is 0.142. The number of methoxy groups -OCH3 is 1. The zero-order valence-electron chi connectivity index (χ0n) is 28.8. The van der Waals surface area contributed by atoms with Gasteiger partial charge in [0.05, 0.1) is 49.5 Å². The Balaban J connectivity index is 1.38. The number of hydrogen-bond acceptors (Lipinski definition) is 10. The second-order valence-electron chi connectivity index (χ2n) is 13.2. The molecule has 0 aromatic heterocycles. The van der Waals surface area contributed by atoms with Crippen molar-refractivity contribution in [2.45, 2.75) is 69.3 Å². The summed E-state index contributed by atoms with van der Waals surface area (Å²) in [6.45, 7) is 4.92. The fourth-order valence-electron chi connectivity index (χ4n) is 5.89. The molecule has 0 spiro atoms. The number of urea groups is 1. The van der Waals surface area contributed by atoms with Crippen LogP contribution < -0.4 is 30.7 Å².